The molecule has 3 heterocycles. The molecular weight excluding hydrogens is 359 g/mol. The molecule has 4 rings (SSSR count). The van der Waals surface area contributed by atoms with Crippen molar-refractivity contribution in [2.75, 3.05) is 5.32 Å². The van der Waals surface area contributed by atoms with Gasteiger partial charge in [0.2, 0.25) is 0 Å². The summed E-state index contributed by atoms with van der Waals surface area (Å²) < 4.78 is 16.4. The molecule has 0 atom stereocenters. The van der Waals surface area contributed by atoms with Gasteiger partial charge in [-0.25, -0.2) is 9.37 Å². The van der Waals surface area contributed by atoms with Crippen molar-refractivity contribution in [2.45, 2.75) is 20.4 Å². The number of aromatic nitrogens is 5. The van der Waals surface area contributed by atoms with Gasteiger partial charge in [-0.3, -0.25) is 14.2 Å². The zero-order valence-corrected chi connectivity index (χ0v) is 15.8. The second-order valence-corrected chi connectivity index (χ2v) is 6.70. The molecule has 0 aliphatic carbocycles. The molecule has 8 heteroatoms. The third kappa shape index (κ3) is 3.36. The third-order valence-corrected chi connectivity index (χ3v) is 4.48. The molecule has 0 fully saturated rings. The zero-order valence-electron chi connectivity index (χ0n) is 15.8. The van der Waals surface area contributed by atoms with E-state index in [1.165, 1.54) is 12.1 Å². The van der Waals surface area contributed by atoms with Gasteiger partial charge in [-0.2, -0.15) is 10.2 Å². The van der Waals surface area contributed by atoms with E-state index in [0.29, 0.717) is 23.6 Å². The number of pyridine rings is 1. The smallest absolute Gasteiger partial charge is 0.257 e. The van der Waals surface area contributed by atoms with Gasteiger partial charge in [0.1, 0.15) is 5.82 Å². The van der Waals surface area contributed by atoms with Crippen LogP contribution in [-0.4, -0.2) is 30.5 Å². The average Bonchev–Trinajstić information content (AvgIpc) is 3.20. The van der Waals surface area contributed by atoms with Crippen LogP contribution in [0.3, 0.4) is 0 Å². The van der Waals surface area contributed by atoms with Gasteiger partial charge in [-0.15, -0.1) is 0 Å². The number of carbonyl (C=O) groups excluding carboxylic acids is 1. The zero-order chi connectivity index (χ0) is 19.8. The molecule has 3 aromatic heterocycles. The highest BCUT2D eigenvalue weighted by Gasteiger charge is 2.18. The van der Waals surface area contributed by atoms with Crippen molar-refractivity contribution in [3.05, 3.63) is 70.9 Å². The molecule has 1 amide bonds. The molecular formula is C20H19FN6O. The van der Waals surface area contributed by atoms with Crippen LogP contribution in [0.1, 0.15) is 27.3 Å². The molecule has 0 aliphatic heterocycles. The summed E-state index contributed by atoms with van der Waals surface area (Å²) >= 11 is 0. The lowest BCUT2D eigenvalue weighted by Crippen LogP contribution is -2.14. The van der Waals surface area contributed by atoms with Gasteiger partial charge in [-0.05, 0) is 37.6 Å². The van der Waals surface area contributed by atoms with E-state index >= 15 is 0 Å². The van der Waals surface area contributed by atoms with E-state index in [9.17, 15) is 9.18 Å². The predicted octanol–water partition coefficient (Wildman–Crippen LogP) is 3.22. The van der Waals surface area contributed by atoms with Crippen molar-refractivity contribution in [3.8, 4) is 0 Å². The first-order valence-corrected chi connectivity index (χ1v) is 8.81. The Balaban J connectivity index is 1.57. The predicted molar refractivity (Wildman–Crippen MR) is 104 cm³/mol. The fourth-order valence-corrected chi connectivity index (χ4v) is 3.23. The highest BCUT2D eigenvalue weighted by Crippen LogP contribution is 2.22. The molecule has 4 aromatic rings. The molecule has 1 N–H and O–H groups in total. The standard InChI is InChI=1S/C20H19FN6O/c1-12-10-16(18-13(2)24-26(3)19(18)22-12)20(28)23-17-8-9-27(25-17)11-14-4-6-15(21)7-5-14/h4-10H,11H2,1-3H3,(H,23,25,28). The van der Waals surface area contributed by atoms with E-state index in [4.69, 9.17) is 0 Å². The second-order valence-electron chi connectivity index (χ2n) is 6.70. The van der Waals surface area contributed by atoms with Crippen molar-refractivity contribution in [3.63, 3.8) is 0 Å². The topological polar surface area (TPSA) is 77.6 Å². The first kappa shape index (κ1) is 17.8. The van der Waals surface area contributed by atoms with Crippen LogP contribution < -0.4 is 5.32 Å². The molecule has 0 unspecified atom stereocenters. The Morgan fingerprint density at radius 1 is 1.14 bits per heavy atom. The third-order valence-electron chi connectivity index (χ3n) is 4.48. The van der Waals surface area contributed by atoms with Crippen molar-refractivity contribution in [1.82, 2.24) is 24.5 Å². The van der Waals surface area contributed by atoms with E-state index in [0.717, 1.165) is 22.3 Å². The lowest BCUT2D eigenvalue weighted by molar-refractivity contribution is 0.102. The van der Waals surface area contributed by atoms with Gasteiger partial charge in [0.05, 0.1) is 23.2 Å². The number of fused-ring (bicyclic) bond motifs is 1. The summed E-state index contributed by atoms with van der Waals surface area (Å²) in [6.07, 6.45) is 1.77. The van der Waals surface area contributed by atoms with Crippen LogP contribution in [0, 0.1) is 19.7 Å². The number of carbonyl (C=O) groups is 1. The van der Waals surface area contributed by atoms with Gasteiger partial charge in [-0.1, -0.05) is 12.1 Å². The van der Waals surface area contributed by atoms with Crippen LogP contribution in [0.4, 0.5) is 10.2 Å². The molecule has 0 saturated carbocycles. The number of hydrogen-bond acceptors (Lipinski definition) is 4. The number of anilines is 1. The number of aryl methyl sites for hydroxylation is 3. The summed E-state index contributed by atoms with van der Waals surface area (Å²) in [4.78, 5) is 17.4. The Labute approximate surface area is 160 Å². The Morgan fingerprint density at radius 3 is 2.64 bits per heavy atom. The molecule has 0 bridgehead atoms. The van der Waals surface area contributed by atoms with Crippen molar-refractivity contribution in [1.29, 1.82) is 0 Å². The van der Waals surface area contributed by atoms with Crippen LogP contribution in [0.5, 0.6) is 0 Å². The summed E-state index contributed by atoms with van der Waals surface area (Å²) in [6.45, 7) is 4.18. The largest absolute Gasteiger partial charge is 0.305 e. The van der Waals surface area contributed by atoms with Crippen LogP contribution in [-0.2, 0) is 13.6 Å². The SMILES string of the molecule is Cc1cc(C(=O)Nc2ccn(Cc3ccc(F)cc3)n2)c2c(C)nn(C)c2n1. The maximum atomic E-state index is 13.0. The Morgan fingerprint density at radius 2 is 1.89 bits per heavy atom. The maximum absolute atomic E-state index is 13.0. The highest BCUT2D eigenvalue weighted by atomic mass is 19.1. The summed E-state index contributed by atoms with van der Waals surface area (Å²) in [5.41, 5.74) is 3.59. The first-order valence-electron chi connectivity index (χ1n) is 8.81. The van der Waals surface area contributed by atoms with Crippen LogP contribution in [0.2, 0.25) is 0 Å². The average molecular weight is 378 g/mol. The number of halogens is 1. The molecule has 0 saturated heterocycles. The minimum atomic E-state index is -0.276. The fraction of sp³-hybridized carbons (Fsp3) is 0.200. The molecule has 142 valence electrons. The number of rotatable bonds is 4. The van der Waals surface area contributed by atoms with E-state index in [1.54, 1.807) is 46.9 Å². The summed E-state index contributed by atoms with van der Waals surface area (Å²) in [6, 6.07) is 9.71. The lowest BCUT2D eigenvalue weighted by atomic mass is 10.1. The van der Waals surface area contributed by atoms with Gasteiger partial charge in [0.25, 0.3) is 5.91 Å². The number of benzene rings is 1. The Bertz CT molecular complexity index is 1180. The van der Waals surface area contributed by atoms with E-state index in [-0.39, 0.29) is 11.7 Å². The number of nitrogens with zero attached hydrogens (tertiary/aromatic N) is 5. The van der Waals surface area contributed by atoms with Crippen LogP contribution in [0.15, 0.2) is 42.6 Å². The normalized spacial score (nSPS) is 11.1. The molecule has 0 spiro atoms. The van der Waals surface area contributed by atoms with Crippen molar-refractivity contribution in [2.24, 2.45) is 7.05 Å². The first-order chi connectivity index (χ1) is 13.4. The lowest BCUT2D eigenvalue weighted by Gasteiger charge is -2.06. The van der Waals surface area contributed by atoms with Crippen molar-refractivity contribution >= 4 is 22.8 Å². The molecule has 0 aliphatic rings. The quantitative estimate of drug-likeness (QED) is 0.591. The summed E-state index contributed by atoms with van der Waals surface area (Å²) in [7, 11) is 1.81. The van der Waals surface area contributed by atoms with Gasteiger partial charge < -0.3 is 5.32 Å². The fourth-order valence-electron chi connectivity index (χ4n) is 3.23. The second kappa shape index (κ2) is 6.88. The van der Waals surface area contributed by atoms with Crippen molar-refractivity contribution < 1.29 is 9.18 Å². The van der Waals surface area contributed by atoms with Gasteiger partial charge in [0.15, 0.2) is 11.5 Å². The molecule has 7 nitrogen and oxygen atoms in total. The van der Waals surface area contributed by atoms with Gasteiger partial charge in [0, 0.05) is 25.0 Å². The summed E-state index contributed by atoms with van der Waals surface area (Å²) in [5.74, 6) is -0.100. The van der Waals surface area contributed by atoms with E-state index in [1.807, 2.05) is 13.8 Å². The van der Waals surface area contributed by atoms with E-state index < -0.39 is 0 Å². The van der Waals surface area contributed by atoms with Gasteiger partial charge >= 0.3 is 0 Å². The minimum absolute atomic E-state index is 0.265. The van der Waals surface area contributed by atoms with Crippen LogP contribution >= 0.6 is 0 Å². The van der Waals surface area contributed by atoms with Crippen LogP contribution in [0.25, 0.3) is 11.0 Å². The Hall–Kier alpha value is -3.55. The number of hydrogen-bond donors (Lipinski definition) is 1. The maximum Gasteiger partial charge on any atom is 0.257 e. The monoisotopic (exact) mass is 378 g/mol. The number of nitrogens with one attached hydrogen (secondary N) is 1. The molecule has 1 aromatic carbocycles. The Kier molecular flexibility index (Phi) is 4.38. The minimum Gasteiger partial charge on any atom is -0.305 e. The molecule has 0 radical (unpaired) electrons. The van der Waals surface area contributed by atoms with E-state index in [2.05, 4.69) is 20.5 Å². The summed E-state index contributed by atoms with van der Waals surface area (Å²) in [5, 5.41) is 12.3. The number of amides is 1. The highest BCUT2D eigenvalue weighted by molar-refractivity contribution is 6.12. The molecule has 28 heavy (non-hydrogen) atoms.